The van der Waals surface area contributed by atoms with Crippen molar-refractivity contribution >= 4 is 27.3 Å². The van der Waals surface area contributed by atoms with Crippen LogP contribution in [0.4, 0.5) is 20.2 Å². The summed E-state index contributed by atoms with van der Waals surface area (Å²) in [5.74, 6) is -0.951. The maximum Gasteiger partial charge on any atom is 0.261 e. The number of rotatable bonds is 5. The van der Waals surface area contributed by atoms with Crippen LogP contribution in [0.25, 0.3) is 0 Å². The zero-order valence-electron chi connectivity index (χ0n) is 17.0. The summed E-state index contributed by atoms with van der Waals surface area (Å²) in [4.78, 5) is 16.6. The molecule has 6 nitrogen and oxygen atoms in total. The number of carbonyl (C=O) groups is 1. The summed E-state index contributed by atoms with van der Waals surface area (Å²) in [6.45, 7) is 2.31. The van der Waals surface area contributed by atoms with Gasteiger partial charge in [-0.2, -0.15) is 0 Å². The topological polar surface area (TPSA) is 69.7 Å². The Morgan fingerprint density at radius 2 is 1.28 bits per heavy atom. The van der Waals surface area contributed by atoms with E-state index in [4.69, 9.17) is 0 Å². The molecule has 1 N–H and O–H groups in total. The third-order valence-corrected chi connectivity index (χ3v) is 6.66. The van der Waals surface area contributed by atoms with E-state index < -0.39 is 15.8 Å². The summed E-state index contributed by atoms with van der Waals surface area (Å²) >= 11 is 0. The summed E-state index contributed by atoms with van der Waals surface area (Å²) in [5.41, 5.74) is 1.66. The second-order valence-electron chi connectivity index (χ2n) is 7.39. The largest absolute Gasteiger partial charge is 0.368 e. The Morgan fingerprint density at radius 3 is 1.84 bits per heavy atom. The Labute approximate surface area is 185 Å². The van der Waals surface area contributed by atoms with Crippen molar-refractivity contribution in [1.82, 2.24) is 4.90 Å². The number of halogens is 2. The average molecular weight is 458 g/mol. The molecule has 0 bridgehead atoms. The first-order chi connectivity index (χ1) is 15.3. The Morgan fingerprint density at radius 1 is 0.750 bits per heavy atom. The number of nitrogens with zero attached hydrogens (tertiary/aromatic N) is 2. The third-order valence-electron chi connectivity index (χ3n) is 5.27. The molecular formula is C23H21F2N3O3S. The first-order valence-corrected chi connectivity index (χ1v) is 11.5. The molecule has 0 saturated carbocycles. The van der Waals surface area contributed by atoms with E-state index in [2.05, 4.69) is 9.62 Å². The predicted octanol–water partition coefficient (Wildman–Crippen LogP) is 3.73. The molecule has 0 radical (unpaired) electrons. The fourth-order valence-electron chi connectivity index (χ4n) is 3.51. The molecule has 4 rings (SSSR count). The number of piperazine rings is 1. The van der Waals surface area contributed by atoms with Crippen LogP contribution in [0.15, 0.2) is 77.7 Å². The standard InChI is InChI=1S/C23H21F2N3O3S/c24-18-3-9-21(10-4-18)27-13-15-28(16-14-27)23(29)17-1-7-20(8-2-17)26-32(30,31)22-11-5-19(25)6-12-22/h1-12,26H,13-16H2. The number of anilines is 2. The van der Waals surface area contributed by atoms with E-state index in [1.54, 1.807) is 29.2 Å². The van der Waals surface area contributed by atoms with Gasteiger partial charge in [0.1, 0.15) is 11.6 Å². The number of carbonyl (C=O) groups excluding carboxylic acids is 1. The van der Waals surface area contributed by atoms with Gasteiger partial charge < -0.3 is 9.80 Å². The highest BCUT2D eigenvalue weighted by atomic mass is 32.2. The summed E-state index contributed by atoms with van der Waals surface area (Å²) in [6.07, 6.45) is 0. The highest BCUT2D eigenvalue weighted by Crippen LogP contribution is 2.20. The first kappa shape index (κ1) is 21.8. The van der Waals surface area contributed by atoms with Gasteiger partial charge in [0, 0.05) is 43.1 Å². The quantitative estimate of drug-likeness (QED) is 0.634. The maximum absolute atomic E-state index is 13.1. The first-order valence-electron chi connectivity index (χ1n) is 10.00. The molecule has 166 valence electrons. The molecule has 1 heterocycles. The average Bonchev–Trinajstić information content (AvgIpc) is 2.80. The van der Waals surface area contributed by atoms with Gasteiger partial charge >= 0.3 is 0 Å². The van der Waals surface area contributed by atoms with Crippen LogP contribution >= 0.6 is 0 Å². The molecule has 0 aromatic heterocycles. The van der Waals surface area contributed by atoms with Gasteiger partial charge in [-0.1, -0.05) is 0 Å². The van der Waals surface area contributed by atoms with Crippen LogP contribution in [0.3, 0.4) is 0 Å². The van der Waals surface area contributed by atoms with E-state index >= 15 is 0 Å². The number of nitrogens with one attached hydrogen (secondary N) is 1. The lowest BCUT2D eigenvalue weighted by atomic mass is 10.1. The van der Waals surface area contributed by atoms with Crippen molar-refractivity contribution in [2.75, 3.05) is 35.8 Å². The van der Waals surface area contributed by atoms with Gasteiger partial charge in [0.15, 0.2) is 0 Å². The fourth-order valence-corrected chi connectivity index (χ4v) is 4.57. The second kappa shape index (κ2) is 8.96. The van der Waals surface area contributed by atoms with Crippen molar-refractivity contribution < 1.29 is 22.0 Å². The summed E-state index contributed by atoms with van der Waals surface area (Å²) in [6, 6.07) is 17.0. The molecule has 1 fully saturated rings. The zero-order chi connectivity index (χ0) is 22.7. The lowest BCUT2D eigenvalue weighted by molar-refractivity contribution is 0.0747. The normalized spacial score (nSPS) is 14.3. The van der Waals surface area contributed by atoms with Crippen LogP contribution in [0.2, 0.25) is 0 Å². The van der Waals surface area contributed by atoms with Crippen LogP contribution in [0.5, 0.6) is 0 Å². The van der Waals surface area contributed by atoms with Crippen LogP contribution in [-0.2, 0) is 10.0 Å². The molecule has 1 aliphatic heterocycles. The summed E-state index contributed by atoms with van der Waals surface area (Å²) in [7, 11) is -3.86. The highest BCUT2D eigenvalue weighted by molar-refractivity contribution is 7.92. The minimum atomic E-state index is -3.86. The van der Waals surface area contributed by atoms with Crippen molar-refractivity contribution in [3.05, 3.63) is 90.0 Å². The summed E-state index contributed by atoms with van der Waals surface area (Å²) < 4.78 is 53.4. The summed E-state index contributed by atoms with van der Waals surface area (Å²) in [5, 5.41) is 0. The monoisotopic (exact) mass is 457 g/mol. The SMILES string of the molecule is O=C(c1ccc(NS(=O)(=O)c2ccc(F)cc2)cc1)N1CCN(c2ccc(F)cc2)CC1. The minimum absolute atomic E-state index is 0.0573. The molecule has 3 aromatic carbocycles. The molecule has 3 aromatic rings. The van der Waals surface area contributed by atoms with Crippen molar-refractivity contribution in [1.29, 1.82) is 0 Å². The van der Waals surface area contributed by atoms with E-state index in [1.807, 2.05) is 0 Å². The van der Waals surface area contributed by atoms with Crippen LogP contribution in [0, 0.1) is 11.6 Å². The van der Waals surface area contributed by atoms with Crippen molar-refractivity contribution in [2.24, 2.45) is 0 Å². The van der Waals surface area contributed by atoms with E-state index in [0.717, 1.165) is 17.8 Å². The Hall–Kier alpha value is -3.46. The number of benzene rings is 3. The van der Waals surface area contributed by atoms with E-state index in [-0.39, 0.29) is 16.6 Å². The number of amides is 1. The predicted molar refractivity (Wildman–Crippen MR) is 118 cm³/mol. The molecule has 32 heavy (non-hydrogen) atoms. The van der Waals surface area contributed by atoms with Crippen molar-refractivity contribution in [2.45, 2.75) is 4.90 Å². The number of hydrogen-bond donors (Lipinski definition) is 1. The Kier molecular flexibility index (Phi) is 6.09. The van der Waals surface area contributed by atoms with E-state index in [1.165, 1.54) is 36.4 Å². The molecule has 1 saturated heterocycles. The van der Waals surface area contributed by atoms with Gasteiger partial charge in [-0.25, -0.2) is 17.2 Å². The maximum atomic E-state index is 13.1. The molecule has 0 atom stereocenters. The van der Waals surface area contributed by atoms with Gasteiger partial charge in [-0.05, 0) is 72.8 Å². The minimum Gasteiger partial charge on any atom is -0.368 e. The van der Waals surface area contributed by atoms with Gasteiger partial charge in [0.2, 0.25) is 0 Å². The Balaban J connectivity index is 1.37. The molecule has 0 unspecified atom stereocenters. The van der Waals surface area contributed by atoms with Gasteiger partial charge in [-0.3, -0.25) is 9.52 Å². The molecule has 9 heteroatoms. The van der Waals surface area contributed by atoms with Gasteiger partial charge in [-0.15, -0.1) is 0 Å². The van der Waals surface area contributed by atoms with Gasteiger partial charge in [0.25, 0.3) is 15.9 Å². The van der Waals surface area contributed by atoms with Gasteiger partial charge in [0.05, 0.1) is 4.90 Å². The molecule has 0 spiro atoms. The lowest BCUT2D eigenvalue weighted by Gasteiger charge is -2.36. The molecule has 1 aliphatic rings. The lowest BCUT2D eigenvalue weighted by Crippen LogP contribution is -2.48. The van der Waals surface area contributed by atoms with Crippen molar-refractivity contribution in [3.8, 4) is 0 Å². The molecule has 1 amide bonds. The smallest absolute Gasteiger partial charge is 0.261 e. The Bertz CT molecular complexity index is 1190. The van der Waals surface area contributed by atoms with Crippen LogP contribution < -0.4 is 9.62 Å². The van der Waals surface area contributed by atoms with Crippen LogP contribution in [0.1, 0.15) is 10.4 Å². The molecular weight excluding hydrogens is 436 g/mol. The second-order valence-corrected chi connectivity index (χ2v) is 9.07. The van der Waals surface area contributed by atoms with E-state index in [0.29, 0.717) is 37.4 Å². The third kappa shape index (κ3) is 4.88. The van der Waals surface area contributed by atoms with E-state index in [9.17, 15) is 22.0 Å². The van der Waals surface area contributed by atoms with Crippen molar-refractivity contribution in [3.63, 3.8) is 0 Å². The molecule has 0 aliphatic carbocycles. The number of hydrogen-bond acceptors (Lipinski definition) is 4. The highest BCUT2D eigenvalue weighted by Gasteiger charge is 2.22. The van der Waals surface area contributed by atoms with Crippen LogP contribution in [-0.4, -0.2) is 45.4 Å². The number of sulfonamides is 1. The zero-order valence-corrected chi connectivity index (χ0v) is 17.9. The fraction of sp³-hybridized carbons (Fsp3) is 0.174.